The van der Waals surface area contributed by atoms with E-state index in [0.29, 0.717) is 18.4 Å². The largest absolute Gasteiger partial charge is 0.361 e. The van der Waals surface area contributed by atoms with Gasteiger partial charge in [-0.25, -0.2) is 0 Å². The molecule has 1 fully saturated rings. The van der Waals surface area contributed by atoms with Crippen molar-refractivity contribution in [2.24, 2.45) is 0 Å². The van der Waals surface area contributed by atoms with E-state index in [-0.39, 0.29) is 0 Å². The van der Waals surface area contributed by atoms with E-state index in [1.807, 2.05) is 4.90 Å². The van der Waals surface area contributed by atoms with Gasteiger partial charge in [-0.2, -0.15) is 0 Å². The summed E-state index contributed by atoms with van der Waals surface area (Å²) in [6.45, 7) is 8.67. The summed E-state index contributed by atoms with van der Waals surface area (Å²) >= 11 is 0. The maximum Gasteiger partial charge on any atom is 0.236 e. The van der Waals surface area contributed by atoms with E-state index >= 15 is 0 Å². The number of amides is 1. The number of benzene rings is 1. The molecular formula is C21H31N3O. The normalized spacial score (nSPS) is 16.4. The molecule has 0 saturated carbocycles. The van der Waals surface area contributed by atoms with Crippen molar-refractivity contribution in [3.05, 3.63) is 36.0 Å². The molecule has 1 N–H and O–H groups in total. The molecule has 4 heteroatoms. The Morgan fingerprint density at radius 2 is 1.84 bits per heavy atom. The van der Waals surface area contributed by atoms with E-state index in [9.17, 15) is 4.79 Å². The molecule has 0 radical (unpaired) electrons. The first kappa shape index (κ1) is 18.0. The number of likely N-dealkylation sites (tertiary alicyclic amines) is 1. The van der Waals surface area contributed by atoms with E-state index in [0.717, 1.165) is 51.9 Å². The van der Waals surface area contributed by atoms with Crippen molar-refractivity contribution < 1.29 is 4.79 Å². The van der Waals surface area contributed by atoms with Gasteiger partial charge in [0.05, 0.1) is 6.54 Å². The highest BCUT2D eigenvalue weighted by Gasteiger charge is 2.25. The van der Waals surface area contributed by atoms with Gasteiger partial charge in [-0.05, 0) is 56.3 Å². The molecule has 0 bridgehead atoms. The summed E-state index contributed by atoms with van der Waals surface area (Å²) < 4.78 is 0. The molecule has 4 nitrogen and oxygen atoms in total. The van der Waals surface area contributed by atoms with E-state index < -0.39 is 0 Å². The number of carbonyl (C=O) groups is 1. The summed E-state index contributed by atoms with van der Waals surface area (Å²) in [4.78, 5) is 20.3. The Labute approximate surface area is 151 Å². The molecule has 1 aliphatic rings. The van der Waals surface area contributed by atoms with Crippen LogP contribution in [0.3, 0.4) is 0 Å². The molecule has 0 unspecified atom stereocenters. The number of hydrogen-bond donors (Lipinski definition) is 1. The Morgan fingerprint density at radius 3 is 2.52 bits per heavy atom. The molecule has 1 aliphatic heterocycles. The Balaban J connectivity index is 1.56. The summed E-state index contributed by atoms with van der Waals surface area (Å²) in [6, 6.07) is 8.55. The van der Waals surface area contributed by atoms with Crippen molar-refractivity contribution in [2.75, 3.05) is 32.7 Å². The average Bonchev–Trinajstić information content (AvgIpc) is 3.06. The molecule has 0 spiro atoms. The second kappa shape index (κ2) is 8.52. The standard InChI is InChI=1S/C21H31N3O/c1-3-11-24(12-4-2)21(25)16-23-13-9-17(10-14-23)19-15-22-20-8-6-5-7-18(19)20/h5-8,15,17,22H,3-4,9-14,16H2,1-2H3. The summed E-state index contributed by atoms with van der Waals surface area (Å²) in [5.41, 5.74) is 2.67. The maximum atomic E-state index is 12.6. The fourth-order valence-electron chi connectivity index (χ4n) is 4.03. The molecular weight excluding hydrogens is 310 g/mol. The number of para-hydroxylation sites is 1. The molecule has 0 atom stereocenters. The van der Waals surface area contributed by atoms with Crippen LogP contribution >= 0.6 is 0 Å². The molecule has 1 aromatic heterocycles. The zero-order valence-electron chi connectivity index (χ0n) is 15.6. The molecule has 136 valence electrons. The van der Waals surface area contributed by atoms with Crippen molar-refractivity contribution in [1.82, 2.24) is 14.8 Å². The van der Waals surface area contributed by atoms with Crippen LogP contribution in [0.4, 0.5) is 0 Å². The number of nitrogens with zero attached hydrogens (tertiary/aromatic N) is 2. The zero-order chi connectivity index (χ0) is 17.6. The van der Waals surface area contributed by atoms with Gasteiger partial charge in [-0.3, -0.25) is 9.69 Å². The Morgan fingerprint density at radius 1 is 1.16 bits per heavy atom. The first-order chi connectivity index (χ1) is 12.2. The molecule has 0 aliphatic carbocycles. The number of H-pyrrole nitrogens is 1. The van der Waals surface area contributed by atoms with Crippen LogP contribution in [-0.4, -0.2) is 53.4 Å². The minimum atomic E-state index is 0.300. The van der Waals surface area contributed by atoms with Crippen LogP contribution in [0.1, 0.15) is 51.0 Å². The Bertz CT molecular complexity index is 679. The van der Waals surface area contributed by atoms with Crippen LogP contribution in [0, 0.1) is 0 Å². The number of fused-ring (bicyclic) bond motifs is 1. The number of piperidine rings is 1. The van der Waals surface area contributed by atoms with Gasteiger partial charge in [0.15, 0.2) is 0 Å². The van der Waals surface area contributed by atoms with Crippen molar-refractivity contribution >= 4 is 16.8 Å². The fourth-order valence-corrected chi connectivity index (χ4v) is 4.03. The Hall–Kier alpha value is -1.81. The minimum Gasteiger partial charge on any atom is -0.361 e. The van der Waals surface area contributed by atoms with E-state index in [4.69, 9.17) is 0 Å². The second-order valence-corrected chi connectivity index (χ2v) is 7.22. The molecule has 3 rings (SSSR count). The summed E-state index contributed by atoms with van der Waals surface area (Å²) in [5.74, 6) is 0.902. The van der Waals surface area contributed by atoms with Crippen LogP contribution in [0.2, 0.25) is 0 Å². The van der Waals surface area contributed by atoms with Crippen molar-refractivity contribution in [3.63, 3.8) is 0 Å². The third-order valence-corrected chi connectivity index (χ3v) is 5.35. The lowest BCUT2D eigenvalue weighted by atomic mass is 9.89. The molecule has 1 amide bonds. The van der Waals surface area contributed by atoms with Gasteiger partial charge in [0.2, 0.25) is 5.91 Å². The summed E-state index contributed by atoms with van der Waals surface area (Å²) in [6.07, 6.45) is 6.52. The maximum absolute atomic E-state index is 12.6. The average molecular weight is 341 g/mol. The number of aromatic amines is 1. The van der Waals surface area contributed by atoms with E-state index in [1.165, 1.54) is 16.5 Å². The molecule has 25 heavy (non-hydrogen) atoms. The fraction of sp³-hybridized carbons (Fsp3) is 0.571. The molecule has 2 aromatic rings. The predicted molar refractivity (Wildman–Crippen MR) is 104 cm³/mol. The minimum absolute atomic E-state index is 0.300. The van der Waals surface area contributed by atoms with Gasteiger partial charge in [0.25, 0.3) is 0 Å². The van der Waals surface area contributed by atoms with Gasteiger partial charge in [-0.1, -0.05) is 32.0 Å². The highest BCUT2D eigenvalue weighted by Crippen LogP contribution is 2.32. The molecule has 2 heterocycles. The third kappa shape index (κ3) is 4.24. The zero-order valence-corrected chi connectivity index (χ0v) is 15.6. The number of rotatable bonds is 7. The lowest BCUT2D eigenvalue weighted by Crippen LogP contribution is -2.43. The van der Waals surface area contributed by atoms with Gasteiger partial charge in [0.1, 0.15) is 0 Å². The van der Waals surface area contributed by atoms with Crippen LogP contribution in [0.15, 0.2) is 30.5 Å². The molecule has 1 aromatic carbocycles. The lowest BCUT2D eigenvalue weighted by molar-refractivity contribution is -0.132. The smallest absolute Gasteiger partial charge is 0.236 e. The van der Waals surface area contributed by atoms with Crippen LogP contribution in [-0.2, 0) is 4.79 Å². The predicted octanol–water partition coefficient (Wildman–Crippen LogP) is 4.00. The Kier molecular flexibility index (Phi) is 6.14. The lowest BCUT2D eigenvalue weighted by Gasteiger charge is -2.33. The quantitative estimate of drug-likeness (QED) is 0.827. The summed E-state index contributed by atoms with van der Waals surface area (Å²) in [5, 5.41) is 1.36. The van der Waals surface area contributed by atoms with Crippen molar-refractivity contribution in [2.45, 2.75) is 45.4 Å². The van der Waals surface area contributed by atoms with E-state index in [1.54, 1.807) is 0 Å². The number of aromatic nitrogens is 1. The number of carbonyl (C=O) groups excluding carboxylic acids is 1. The van der Waals surface area contributed by atoms with Gasteiger partial charge in [-0.15, -0.1) is 0 Å². The molecule has 1 saturated heterocycles. The first-order valence-corrected chi connectivity index (χ1v) is 9.79. The number of hydrogen-bond acceptors (Lipinski definition) is 2. The van der Waals surface area contributed by atoms with Crippen molar-refractivity contribution in [1.29, 1.82) is 0 Å². The van der Waals surface area contributed by atoms with Crippen LogP contribution in [0.5, 0.6) is 0 Å². The van der Waals surface area contributed by atoms with Crippen LogP contribution in [0.25, 0.3) is 10.9 Å². The van der Waals surface area contributed by atoms with E-state index in [2.05, 4.69) is 54.2 Å². The number of nitrogens with one attached hydrogen (secondary N) is 1. The van der Waals surface area contributed by atoms with Gasteiger partial charge >= 0.3 is 0 Å². The van der Waals surface area contributed by atoms with Gasteiger partial charge < -0.3 is 9.88 Å². The SMILES string of the molecule is CCCN(CCC)C(=O)CN1CCC(c2c[nH]c3ccccc23)CC1. The third-order valence-electron chi connectivity index (χ3n) is 5.35. The highest BCUT2D eigenvalue weighted by molar-refractivity contribution is 5.83. The first-order valence-electron chi connectivity index (χ1n) is 9.79. The van der Waals surface area contributed by atoms with Crippen LogP contribution < -0.4 is 0 Å². The van der Waals surface area contributed by atoms with Crippen molar-refractivity contribution in [3.8, 4) is 0 Å². The van der Waals surface area contributed by atoms with Gasteiger partial charge in [0, 0.05) is 30.2 Å². The highest BCUT2D eigenvalue weighted by atomic mass is 16.2. The summed E-state index contributed by atoms with van der Waals surface area (Å²) in [7, 11) is 0. The topological polar surface area (TPSA) is 39.3 Å². The monoisotopic (exact) mass is 341 g/mol. The second-order valence-electron chi connectivity index (χ2n) is 7.22.